The standard InChI is InChI=1S/C23H36N2O2/c1-24(18-23(26)27)22-11-10-21(16-22)17-25-14-12-20(13-15-25)9-5-8-19-6-3-2-4-7-19/h2-4,6-7,20-22H,5,8-18H2,1H3,(H,26,27)/t21-,22?/m1/s1. The predicted molar refractivity (Wildman–Crippen MR) is 110 cm³/mol. The summed E-state index contributed by atoms with van der Waals surface area (Å²) >= 11 is 0. The maximum atomic E-state index is 10.9. The summed E-state index contributed by atoms with van der Waals surface area (Å²) in [6.07, 6.45) is 10.2. The Morgan fingerprint density at radius 3 is 2.56 bits per heavy atom. The Morgan fingerprint density at radius 1 is 1.11 bits per heavy atom. The Labute approximate surface area is 164 Å². The lowest BCUT2D eigenvalue weighted by Crippen LogP contribution is -2.38. The van der Waals surface area contributed by atoms with Crippen LogP contribution >= 0.6 is 0 Å². The van der Waals surface area contributed by atoms with E-state index in [-0.39, 0.29) is 6.54 Å². The number of carboxylic acids is 1. The molecular formula is C23H36N2O2. The first-order valence-corrected chi connectivity index (χ1v) is 10.8. The molecule has 1 unspecified atom stereocenters. The first kappa shape index (κ1) is 20.3. The molecule has 4 nitrogen and oxygen atoms in total. The predicted octanol–water partition coefficient (Wildman–Crippen LogP) is 3.91. The van der Waals surface area contributed by atoms with Crippen molar-refractivity contribution in [2.75, 3.05) is 33.2 Å². The van der Waals surface area contributed by atoms with Crippen LogP contribution in [0, 0.1) is 11.8 Å². The Bertz CT molecular complexity index is 569. The molecule has 1 heterocycles. The summed E-state index contributed by atoms with van der Waals surface area (Å²) in [6, 6.07) is 11.3. The number of carbonyl (C=O) groups is 1. The van der Waals surface area contributed by atoms with Crippen LogP contribution in [0.2, 0.25) is 0 Å². The highest BCUT2D eigenvalue weighted by molar-refractivity contribution is 5.69. The number of aryl methyl sites for hydroxylation is 1. The van der Waals surface area contributed by atoms with Crippen LogP contribution < -0.4 is 0 Å². The van der Waals surface area contributed by atoms with Crippen LogP contribution in [0.1, 0.15) is 50.5 Å². The van der Waals surface area contributed by atoms with Crippen LogP contribution in [-0.2, 0) is 11.2 Å². The summed E-state index contributed by atoms with van der Waals surface area (Å²) in [5.41, 5.74) is 1.47. The molecule has 1 aromatic carbocycles. The molecule has 0 radical (unpaired) electrons. The third kappa shape index (κ3) is 6.62. The highest BCUT2D eigenvalue weighted by Gasteiger charge is 2.30. The second-order valence-corrected chi connectivity index (χ2v) is 8.76. The number of benzene rings is 1. The van der Waals surface area contributed by atoms with Crippen molar-refractivity contribution in [1.29, 1.82) is 0 Å². The molecule has 1 saturated heterocycles. The molecule has 0 spiro atoms. The van der Waals surface area contributed by atoms with Gasteiger partial charge in [-0.2, -0.15) is 0 Å². The largest absolute Gasteiger partial charge is 0.480 e. The molecule has 3 rings (SSSR count). The summed E-state index contributed by atoms with van der Waals surface area (Å²) in [4.78, 5) is 15.6. The molecule has 4 heteroatoms. The van der Waals surface area contributed by atoms with Gasteiger partial charge in [0, 0.05) is 12.6 Å². The van der Waals surface area contributed by atoms with Gasteiger partial charge in [-0.25, -0.2) is 0 Å². The van der Waals surface area contributed by atoms with Gasteiger partial charge in [0.25, 0.3) is 0 Å². The zero-order valence-corrected chi connectivity index (χ0v) is 16.9. The molecule has 150 valence electrons. The first-order chi connectivity index (χ1) is 13.1. The molecule has 1 aliphatic carbocycles. The van der Waals surface area contributed by atoms with E-state index in [1.165, 1.54) is 70.1 Å². The van der Waals surface area contributed by atoms with Crippen molar-refractivity contribution in [1.82, 2.24) is 9.80 Å². The van der Waals surface area contributed by atoms with Gasteiger partial charge in [-0.05, 0) is 82.5 Å². The van der Waals surface area contributed by atoms with E-state index < -0.39 is 5.97 Å². The third-order valence-electron chi connectivity index (χ3n) is 6.67. The number of carboxylic acid groups (broad SMARTS) is 1. The van der Waals surface area contributed by atoms with Crippen LogP contribution in [0.15, 0.2) is 30.3 Å². The second kappa shape index (κ2) is 10.2. The van der Waals surface area contributed by atoms with Gasteiger partial charge in [0.1, 0.15) is 0 Å². The molecule has 2 fully saturated rings. The number of likely N-dealkylation sites (tertiary alicyclic amines) is 1. The summed E-state index contributed by atoms with van der Waals surface area (Å²) < 4.78 is 0. The number of nitrogens with zero attached hydrogens (tertiary/aromatic N) is 2. The van der Waals surface area contributed by atoms with Crippen molar-refractivity contribution >= 4 is 5.97 Å². The smallest absolute Gasteiger partial charge is 0.317 e. The lowest BCUT2D eigenvalue weighted by atomic mass is 9.90. The molecule has 2 aliphatic rings. The van der Waals surface area contributed by atoms with E-state index in [1.54, 1.807) is 0 Å². The fourth-order valence-corrected chi connectivity index (χ4v) is 5.02. The molecule has 1 N–H and O–H groups in total. The summed E-state index contributed by atoms with van der Waals surface area (Å²) in [7, 11) is 1.96. The Hall–Kier alpha value is -1.39. The maximum absolute atomic E-state index is 10.9. The number of aliphatic carboxylic acids is 1. The van der Waals surface area contributed by atoms with Crippen molar-refractivity contribution in [2.24, 2.45) is 11.8 Å². The fraction of sp³-hybridized carbons (Fsp3) is 0.696. The number of likely N-dealkylation sites (N-methyl/N-ethyl adjacent to an activating group) is 1. The number of piperidine rings is 1. The van der Waals surface area contributed by atoms with Crippen LogP contribution in [0.25, 0.3) is 0 Å². The molecular weight excluding hydrogens is 336 g/mol. The minimum atomic E-state index is -0.713. The monoisotopic (exact) mass is 372 g/mol. The zero-order valence-electron chi connectivity index (χ0n) is 16.9. The topological polar surface area (TPSA) is 43.8 Å². The zero-order chi connectivity index (χ0) is 19.1. The molecule has 2 atom stereocenters. The maximum Gasteiger partial charge on any atom is 0.317 e. The summed E-state index contributed by atoms with van der Waals surface area (Å²) in [5.74, 6) is 0.944. The van der Waals surface area contributed by atoms with Gasteiger partial charge in [-0.3, -0.25) is 9.69 Å². The van der Waals surface area contributed by atoms with Crippen LogP contribution in [0.3, 0.4) is 0 Å². The van der Waals surface area contributed by atoms with Gasteiger partial charge in [0.2, 0.25) is 0 Å². The van der Waals surface area contributed by atoms with E-state index >= 15 is 0 Å². The lowest BCUT2D eigenvalue weighted by Gasteiger charge is -2.33. The minimum Gasteiger partial charge on any atom is -0.480 e. The van der Waals surface area contributed by atoms with Gasteiger partial charge < -0.3 is 10.0 Å². The van der Waals surface area contributed by atoms with E-state index in [9.17, 15) is 4.79 Å². The first-order valence-electron chi connectivity index (χ1n) is 10.8. The Balaban J connectivity index is 1.30. The second-order valence-electron chi connectivity index (χ2n) is 8.76. The molecule has 1 aromatic rings. The van der Waals surface area contributed by atoms with Gasteiger partial charge in [-0.15, -0.1) is 0 Å². The highest BCUT2D eigenvalue weighted by Crippen LogP contribution is 2.31. The van der Waals surface area contributed by atoms with E-state index in [1.807, 2.05) is 11.9 Å². The van der Waals surface area contributed by atoms with E-state index in [4.69, 9.17) is 5.11 Å². The van der Waals surface area contributed by atoms with Crippen LogP contribution in [0.4, 0.5) is 0 Å². The van der Waals surface area contributed by atoms with Gasteiger partial charge in [-0.1, -0.05) is 36.8 Å². The molecule has 27 heavy (non-hydrogen) atoms. The lowest BCUT2D eigenvalue weighted by molar-refractivity contribution is -0.138. The Morgan fingerprint density at radius 2 is 1.85 bits per heavy atom. The van der Waals surface area contributed by atoms with E-state index in [0.29, 0.717) is 6.04 Å². The van der Waals surface area contributed by atoms with Crippen molar-refractivity contribution in [3.05, 3.63) is 35.9 Å². The van der Waals surface area contributed by atoms with Crippen molar-refractivity contribution in [2.45, 2.75) is 57.4 Å². The van der Waals surface area contributed by atoms with Crippen molar-refractivity contribution in [3.63, 3.8) is 0 Å². The molecule has 0 aromatic heterocycles. The summed E-state index contributed by atoms with van der Waals surface area (Å²) in [6.45, 7) is 3.89. The van der Waals surface area contributed by atoms with Gasteiger partial charge in [0.05, 0.1) is 6.54 Å². The summed E-state index contributed by atoms with van der Waals surface area (Å²) in [5, 5.41) is 8.97. The van der Waals surface area contributed by atoms with Crippen LogP contribution in [0.5, 0.6) is 0 Å². The minimum absolute atomic E-state index is 0.172. The van der Waals surface area contributed by atoms with Crippen molar-refractivity contribution < 1.29 is 9.90 Å². The van der Waals surface area contributed by atoms with Gasteiger partial charge >= 0.3 is 5.97 Å². The highest BCUT2D eigenvalue weighted by atomic mass is 16.4. The Kier molecular flexibility index (Phi) is 7.71. The van der Waals surface area contributed by atoms with E-state index in [2.05, 4.69) is 35.2 Å². The average Bonchev–Trinajstić information content (AvgIpc) is 3.12. The van der Waals surface area contributed by atoms with E-state index in [0.717, 1.165) is 18.3 Å². The molecule has 1 saturated carbocycles. The number of hydrogen-bond donors (Lipinski definition) is 1. The molecule has 0 amide bonds. The molecule has 0 bridgehead atoms. The third-order valence-corrected chi connectivity index (χ3v) is 6.67. The number of hydrogen-bond acceptors (Lipinski definition) is 3. The number of rotatable bonds is 9. The average molecular weight is 373 g/mol. The molecule has 1 aliphatic heterocycles. The van der Waals surface area contributed by atoms with Gasteiger partial charge in [0.15, 0.2) is 0 Å². The fourth-order valence-electron chi connectivity index (χ4n) is 5.02. The van der Waals surface area contributed by atoms with Crippen molar-refractivity contribution in [3.8, 4) is 0 Å². The quantitative estimate of drug-likeness (QED) is 0.714. The normalized spacial score (nSPS) is 24.5. The SMILES string of the molecule is CN(CC(=O)O)C1CC[C@@H](CN2CCC(CCCc3ccccc3)CC2)C1. The van der Waals surface area contributed by atoms with Crippen LogP contribution in [-0.4, -0.2) is 60.1 Å².